The Balaban J connectivity index is 1.54. The molecule has 216 valence electrons. The van der Waals surface area contributed by atoms with Gasteiger partial charge in [0.2, 0.25) is 11.2 Å². The van der Waals surface area contributed by atoms with Crippen molar-refractivity contribution in [3.63, 3.8) is 0 Å². The van der Waals surface area contributed by atoms with Crippen LogP contribution in [0.25, 0.3) is 5.78 Å². The standard InChI is InChI=1S/C25H29ClF3N7O4/c1-14(39-3)19-18(13-30-23-32-22(26)33-36(19)23)31-17-7-5-15(6-8-17)20(25(27,28)29)34(2)21(37)16-9-11-35(12-10-16)24(38)40-4/h5-8,13-14,16,20,31H,9-12H2,1-4H3/t14-,20-/m0/s1. The number of hydrogen-bond donors (Lipinski definition) is 1. The van der Waals surface area contributed by atoms with Crippen LogP contribution >= 0.6 is 11.6 Å². The average molecular weight is 584 g/mol. The molecular weight excluding hydrogens is 555 g/mol. The number of benzene rings is 1. The highest BCUT2D eigenvalue weighted by Gasteiger charge is 2.46. The number of piperidine rings is 1. The maximum Gasteiger partial charge on any atom is 0.413 e. The Morgan fingerprint density at radius 3 is 2.40 bits per heavy atom. The quantitative estimate of drug-likeness (QED) is 0.423. The number of carbonyl (C=O) groups excluding carboxylic acids is 2. The zero-order valence-electron chi connectivity index (χ0n) is 22.3. The summed E-state index contributed by atoms with van der Waals surface area (Å²) in [6.07, 6.45) is -3.67. The van der Waals surface area contributed by atoms with Crippen LogP contribution in [0.3, 0.4) is 0 Å². The average Bonchev–Trinajstić information content (AvgIpc) is 3.32. The second-order valence-electron chi connectivity index (χ2n) is 9.40. The summed E-state index contributed by atoms with van der Waals surface area (Å²) in [5, 5.41) is 7.28. The van der Waals surface area contributed by atoms with Crippen LogP contribution in [0, 0.1) is 5.92 Å². The highest BCUT2D eigenvalue weighted by atomic mass is 35.5. The van der Waals surface area contributed by atoms with Gasteiger partial charge in [0, 0.05) is 38.9 Å². The minimum Gasteiger partial charge on any atom is -0.453 e. The highest BCUT2D eigenvalue weighted by molar-refractivity contribution is 6.28. The third-order valence-electron chi connectivity index (χ3n) is 6.94. The lowest BCUT2D eigenvalue weighted by Gasteiger charge is -2.36. The second kappa shape index (κ2) is 11.8. The fourth-order valence-corrected chi connectivity index (χ4v) is 4.97. The van der Waals surface area contributed by atoms with Crippen molar-refractivity contribution >= 4 is 40.8 Å². The van der Waals surface area contributed by atoms with Crippen molar-refractivity contribution in [1.29, 1.82) is 0 Å². The molecule has 0 radical (unpaired) electrons. The van der Waals surface area contributed by atoms with Crippen molar-refractivity contribution in [3.8, 4) is 0 Å². The van der Waals surface area contributed by atoms with Crippen LogP contribution < -0.4 is 5.32 Å². The maximum absolute atomic E-state index is 14.2. The highest BCUT2D eigenvalue weighted by Crippen LogP contribution is 2.39. The third kappa shape index (κ3) is 6.07. The van der Waals surface area contributed by atoms with Crippen LogP contribution in [0.1, 0.15) is 43.2 Å². The van der Waals surface area contributed by atoms with E-state index in [1.54, 1.807) is 6.92 Å². The van der Waals surface area contributed by atoms with Gasteiger partial charge in [0.05, 0.1) is 30.8 Å². The molecule has 40 heavy (non-hydrogen) atoms. The van der Waals surface area contributed by atoms with E-state index in [0.717, 1.165) is 11.9 Å². The number of halogens is 4. The van der Waals surface area contributed by atoms with Crippen molar-refractivity contribution in [3.05, 3.63) is 47.0 Å². The Morgan fingerprint density at radius 1 is 1.18 bits per heavy atom. The van der Waals surface area contributed by atoms with E-state index in [-0.39, 0.29) is 42.6 Å². The van der Waals surface area contributed by atoms with Crippen LogP contribution in [0.5, 0.6) is 0 Å². The van der Waals surface area contributed by atoms with Gasteiger partial charge in [0.25, 0.3) is 5.78 Å². The van der Waals surface area contributed by atoms with Crippen molar-refractivity contribution < 1.29 is 32.2 Å². The molecule has 15 heteroatoms. The largest absolute Gasteiger partial charge is 0.453 e. The first-order valence-corrected chi connectivity index (χ1v) is 12.8. The van der Waals surface area contributed by atoms with E-state index in [9.17, 15) is 22.8 Å². The molecule has 1 aliphatic heterocycles. The number of nitrogens with one attached hydrogen (secondary N) is 1. The number of methoxy groups -OCH3 is 2. The summed E-state index contributed by atoms with van der Waals surface area (Å²) >= 11 is 5.94. The zero-order valence-corrected chi connectivity index (χ0v) is 23.0. The monoisotopic (exact) mass is 583 g/mol. The molecule has 0 unspecified atom stereocenters. The van der Waals surface area contributed by atoms with Gasteiger partial charge in [0.15, 0.2) is 6.04 Å². The molecule has 11 nitrogen and oxygen atoms in total. The molecule has 0 bridgehead atoms. The van der Waals surface area contributed by atoms with Gasteiger partial charge < -0.3 is 24.6 Å². The molecule has 2 amide bonds. The van der Waals surface area contributed by atoms with Crippen LogP contribution in [0.2, 0.25) is 5.28 Å². The lowest BCUT2D eigenvalue weighted by Crippen LogP contribution is -2.46. The molecule has 0 saturated carbocycles. The Hall–Kier alpha value is -3.65. The lowest BCUT2D eigenvalue weighted by atomic mass is 9.94. The van der Waals surface area contributed by atoms with Gasteiger partial charge in [-0.3, -0.25) is 4.79 Å². The maximum atomic E-state index is 14.2. The molecule has 1 N–H and O–H groups in total. The van der Waals surface area contributed by atoms with Crippen molar-refractivity contribution in [1.82, 2.24) is 29.4 Å². The zero-order chi connectivity index (χ0) is 29.2. The molecule has 1 fully saturated rings. The van der Waals surface area contributed by atoms with Crippen LogP contribution in [0.4, 0.5) is 29.3 Å². The molecule has 1 aliphatic rings. The minimum absolute atomic E-state index is 0.00410. The van der Waals surface area contributed by atoms with Gasteiger partial charge in [-0.2, -0.15) is 22.7 Å². The predicted molar refractivity (Wildman–Crippen MR) is 139 cm³/mol. The summed E-state index contributed by atoms with van der Waals surface area (Å²) < 4.78 is 54.3. The molecule has 3 aromatic rings. The Morgan fingerprint density at radius 2 is 1.82 bits per heavy atom. The molecule has 3 heterocycles. The molecular formula is C25H29ClF3N7O4. The molecule has 0 aliphatic carbocycles. The number of carbonyl (C=O) groups is 2. The van der Waals surface area contributed by atoms with Gasteiger partial charge in [-0.15, -0.1) is 5.10 Å². The number of ether oxygens (including phenoxy) is 2. The minimum atomic E-state index is -4.71. The summed E-state index contributed by atoms with van der Waals surface area (Å²) in [6, 6.07) is 3.47. The summed E-state index contributed by atoms with van der Waals surface area (Å²) in [7, 11) is 3.93. The number of hydrogen-bond acceptors (Lipinski definition) is 8. The molecule has 0 spiro atoms. The van der Waals surface area contributed by atoms with E-state index in [2.05, 4.69) is 25.1 Å². The van der Waals surface area contributed by atoms with Gasteiger partial charge >= 0.3 is 12.3 Å². The Bertz CT molecular complexity index is 1360. The van der Waals surface area contributed by atoms with Crippen LogP contribution in [0.15, 0.2) is 30.5 Å². The van der Waals surface area contributed by atoms with Crippen LogP contribution in [-0.4, -0.2) is 81.9 Å². The van der Waals surface area contributed by atoms with E-state index >= 15 is 0 Å². The predicted octanol–water partition coefficient (Wildman–Crippen LogP) is 4.77. The number of aromatic nitrogens is 4. The molecule has 2 aromatic heterocycles. The number of nitrogens with zero attached hydrogens (tertiary/aromatic N) is 6. The fourth-order valence-electron chi connectivity index (χ4n) is 4.82. The first-order chi connectivity index (χ1) is 18.9. The number of amides is 2. The van der Waals surface area contributed by atoms with Crippen molar-refractivity contribution in [2.45, 2.75) is 38.1 Å². The van der Waals surface area contributed by atoms with E-state index in [1.165, 1.54) is 54.1 Å². The number of likely N-dealkylation sites (tertiary alicyclic amines) is 1. The normalized spacial score (nSPS) is 16.1. The fraction of sp³-hybridized carbons (Fsp3) is 0.480. The van der Waals surface area contributed by atoms with E-state index < -0.39 is 36.2 Å². The molecule has 1 aromatic carbocycles. The van der Waals surface area contributed by atoms with Crippen molar-refractivity contribution in [2.24, 2.45) is 5.92 Å². The number of alkyl halides is 3. The Labute approximate surface area is 233 Å². The number of rotatable bonds is 7. The van der Waals surface area contributed by atoms with E-state index in [1.807, 2.05) is 0 Å². The lowest BCUT2D eigenvalue weighted by molar-refractivity contribution is -0.191. The van der Waals surface area contributed by atoms with Crippen LogP contribution in [-0.2, 0) is 14.3 Å². The number of fused-ring (bicyclic) bond motifs is 1. The summed E-state index contributed by atoms with van der Waals surface area (Å²) in [4.78, 5) is 35.2. The first-order valence-electron chi connectivity index (χ1n) is 12.4. The van der Waals surface area contributed by atoms with Crippen molar-refractivity contribution in [2.75, 3.05) is 39.7 Å². The molecule has 1 saturated heterocycles. The van der Waals surface area contributed by atoms with Gasteiger partial charge in [0.1, 0.15) is 0 Å². The summed E-state index contributed by atoms with van der Waals surface area (Å²) in [5.41, 5.74) is 1.44. The van der Waals surface area contributed by atoms with E-state index in [4.69, 9.17) is 16.3 Å². The van der Waals surface area contributed by atoms with E-state index in [0.29, 0.717) is 17.1 Å². The molecule has 4 rings (SSSR count). The smallest absolute Gasteiger partial charge is 0.413 e. The number of anilines is 2. The first kappa shape index (κ1) is 29.3. The summed E-state index contributed by atoms with van der Waals surface area (Å²) in [6.45, 7) is 2.26. The van der Waals surface area contributed by atoms with Gasteiger partial charge in [-0.1, -0.05) is 12.1 Å². The van der Waals surface area contributed by atoms with Gasteiger partial charge in [-0.25, -0.2) is 9.78 Å². The SMILES string of the molecule is COC(=O)N1CCC(C(=O)N(C)[C@@H](c2ccc(Nc3cnc4nc(Cl)nn4c3[C@H](C)OC)cc2)C(F)(F)F)CC1. The molecule has 2 atom stereocenters. The van der Waals surface area contributed by atoms with Gasteiger partial charge in [-0.05, 0) is 49.1 Å². The summed E-state index contributed by atoms with van der Waals surface area (Å²) in [5.74, 6) is -0.995. The third-order valence-corrected chi connectivity index (χ3v) is 7.10. The topological polar surface area (TPSA) is 114 Å². The Kier molecular flexibility index (Phi) is 8.68. The second-order valence-corrected chi connectivity index (χ2v) is 9.74.